The molecular weight excluding hydrogens is 284 g/mol. The zero-order chi connectivity index (χ0) is 15.2. The second kappa shape index (κ2) is 8.06. The first kappa shape index (κ1) is 16.6. The Morgan fingerprint density at radius 2 is 1.86 bits per heavy atom. The summed E-state index contributed by atoms with van der Waals surface area (Å²) in [7, 11) is 0. The van der Waals surface area contributed by atoms with E-state index in [-0.39, 0.29) is 11.9 Å². The Balaban J connectivity index is 1.74. The molecule has 1 saturated heterocycles. The van der Waals surface area contributed by atoms with Crippen LogP contribution in [0.15, 0.2) is 0 Å². The Morgan fingerprint density at radius 1 is 1.24 bits per heavy atom. The molecule has 0 aromatic rings. The van der Waals surface area contributed by atoms with Crippen molar-refractivity contribution < 1.29 is 4.79 Å². The summed E-state index contributed by atoms with van der Waals surface area (Å²) >= 11 is 4.95. The molecule has 2 aliphatic rings. The largest absolute Gasteiger partial charge is 0.392 e. The van der Waals surface area contributed by atoms with E-state index in [0.717, 1.165) is 39.0 Å². The number of nitrogens with zero attached hydrogens (tertiary/aromatic N) is 2. The molecule has 1 heterocycles. The number of nitrogens with two attached hydrogens (primary N) is 1. The lowest BCUT2D eigenvalue weighted by molar-refractivity contribution is -0.127. The van der Waals surface area contributed by atoms with E-state index >= 15 is 0 Å². The number of carbonyl (C=O) groups excluding carboxylic acids is 1. The Morgan fingerprint density at radius 3 is 2.43 bits per heavy atom. The van der Waals surface area contributed by atoms with Gasteiger partial charge in [0.2, 0.25) is 5.91 Å². The molecule has 6 heteroatoms. The van der Waals surface area contributed by atoms with Crippen molar-refractivity contribution in [3.63, 3.8) is 0 Å². The Hall–Kier alpha value is -0.720. The minimum absolute atomic E-state index is 0.0427. The number of piperazine rings is 1. The van der Waals surface area contributed by atoms with Crippen LogP contribution in [0, 0.1) is 0 Å². The van der Waals surface area contributed by atoms with Gasteiger partial charge in [-0.1, -0.05) is 31.5 Å². The molecule has 0 bridgehead atoms. The molecule has 1 aliphatic heterocycles. The van der Waals surface area contributed by atoms with E-state index < -0.39 is 0 Å². The SMILES string of the molecule is CC(C(=O)NC1CCCCC1)N1CCN(CC(N)=S)CC1. The first-order chi connectivity index (χ1) is 10.1. The van der Waals surface area contributed by atoms with Crippen LogP contribution in [0.2, 0.25) is 0 Å². The maximum Gasteiger partial charge on any atom is 0.237 e. The summed E-state index contributed by atoms with van der Waals surface area (Å²) in [5, 5.41) is 3.22. The highest BCUT2D eigenvalue weighted by Crippen LogP contribution is 2.18. The van der Waals surface area contributed by atoms with Crippen LogP contribution in [0.4, 0.5) is 0 Å². The van der Waals surface area contributed by atoms with E-state index in [0.29, 0.717) is 17.6 Å². The molecule has 0 aromatic carbocycles. The van der Waals surface area contributed by atoms with E-state index in [9.17, 15) is 4.79 Å². The molecular formula is C15H28N4OS. The molecule has 1 unspecified atom stereocenters. The molecule has 2 fully saturated rings. The molecule has 1 atom stereocenters. The van der Waals surface area contributed by atoms with Crippen molar-refractivity contribution in [2.24, 2.45) is 5.73 Å². The quantitative estimate of drug-likeness (QED) is 0.733. The van der Waals surface area contributed by atoms with Crippen LogP contribution in [-0.4, -0.2) is 65.5 Å². The molecule has 1 amide bonds. The molecule has 5 nitrogen and oxygen atoms in total. The highest BCUT2D eigenvalue weighted by Gasteiger charge is 2.27. The fourth-order valence-electron chi connectivity index (χ4n) is 3.26. The average Bonchev–Trinajstić information content (AvgIpc) is 2.47. The first-order valence-electron chi connectivity index (χ1n) is 8.11. The summed E-state index contributed by atoms with van der Waals surface area (Å²) in [6.07, 6.45) is 6.08. The van der Waals surface area contributed by atoms with E-state index in [2.05, 4.69) is 15.1 Å². The van der Waals surface area contributed by atoms with Gasteiger partial charge in [-0.05, 0) is 19.8 Å². The van der Waals surface area contributed by atoms with Crippen LogP contribution in [0.5, 0.6) is 0 Å². The van der Waals surface area contributed by atoms with Crippen LogP contribution in [0.1, 0.15) is 39.0 Å². The molecule has 0 aromatic heterocycles. The van der Waals surface area contributed by atoms with Crippen molar-refractivity contribution in [1.29, 1.82) is 0 Å². The molecule has 0 spiro atoms. The zero-order valence-electron chi connectivity index (χ0n) is 13.0. The van der Waals surface area contributed by atoms with Gasteiger partial charge in [0.05, 0.1) is 11.0 Å². The lowest BCUT2D eigenvalue weighted by Crippen LogP contribution is -2.55. The first-order valence-corrected chi connectivity index (χ1v) is 8.52. The van der Waals surface area contributed by atoms with Gasteiger partial charge in [-0.15, -0.1) is 0 Å². The van der Waals surface area contributed by atoms with Gasteiger partial charge in [-0.3, -0.25) is 14.6 Å². The molecule has 3 N–H and O–H groups in total. The fraction of sp³-hybridized carbons (Fsp3) is 0.867. The maximum absolute atomic E-state index is 12.4. The van der Waals surface area contributed by atoms with E-state index in [1.54, 1.807) is 0 Å². The zero-order valence-corrected chi connectivity index (χ0v) is 13.8. The minimum atomic E-state index is -0.0427. The van der Waals surface area contributed by atoms with Gasteiger partial charge in [0.1, 0.15) is 0 Å². The Labute approximate surface area is 133 Å². The predicted molar refractivity (Wildman–Crippen MR) is 89.3 cm³/mol. The third kappa shape index (κ3) is 5.20. The number of rotatable bonds is 5. The number of hydrogen-bond donors (Lipinski definition) is 2. The van der Waals surface area contributed by atoms with E-state index in [4.69, 9.17) is 18.0 Å². The molecule has 2 rings (SSSR count). The van der Waals surface area contributed by atoms with Crippen molar-refractivity contribution in [3.8, 4) is 0 Å². The maximum atomic E-state index is 12.4. The highest BCUT2D eigenvalue weighted by molar-refractivity contribution is 7.80. The van der Waals surface area contributed by atoms with Crippen molar-refractivity contribution in [2.75, 3.05) is 32.7 Å². The number of amides is 1. The summed E-state index contributed by atoms with van der Waals surface area (Å²) < 4.78 is 0. The van der Waals surface area contributed by atoms with Gasteiger partial charge in [-0.2, -0.15) is 0 Å². The van der Waals surface area contributed by atoms with Gasteiger partial charge >= 0.3 is 0 Å². The van der Waals surface area contributed by atoms with Crippen molar-refractivity contribution in [1.82, 2.24) is 15.1 Å². The lowest BCUT2D eigenvalue weighted by Gasteiger charge is -2.37. The topological polar surface area (TPSA) is 61.6 Å². The standard InChI is InChI=1S/C15H28N4OS/c1-12(15(20)17-13-5-3-2-4-6-13)19-9-7-18(8-10-19)11-14(16)21/h12-13H,2-11H2,1H3,(H2,16,21)(H,17,20). The molecule has 1 aliphatic carbocycles. The lowest BCUT2D eigenvalue weighted by atomic mass is 9.95. The Bertz CT molecular complexity index is 363. The monoisotopic (exact) mass is 312 g/mol. The molecule has 0 radical (unpaired) electrons. The molecule has 1 saturated carbocycles. The van der Waals surface area contributed by atoms with Gasteiger partial charge in [0.25, 0.3) is 0 Å². The van der Waals surface area contributed by atoms with Crippen molar-refractivity contribution >= 4 is 23.1 Å². The van der Waals surface area contributed by atoms with Crippen LogP contribution >= 0.6 is 12.2 Å². The average molecular weight is 312 g/mol. The number of carbonyl (C=O) groups is 1. The van der Waals surface area contributed by atoms with Crippen LogP contribution in [-0.2, 0) is 4.79 Å². The number of thiocarbonyl (C=S) groups is 1. The smallest absolute Gasteiger partial charge is 0.237 e. The van der Waals surface area contributed by atoms with Crippen LogP contribution in [0.3, 0.4) is 0 Å². The predicted octanol–water partition coefficient (Wildman–Crippen LogP) is 0.728. The summed E-state index contributed by atoms with van der Waals surface area (Å²) in [6, 6.07) is 0.350. The van der Waals surface area contributed by atoms with Gasteiger partial charge in [-0.25, -0.2) is 0 Å². The van der Waals surface area contributed by atoms with Crippen molar-refractivity contribution in [2.45, 2.75) is 51.1 Å². The van der Waals surface area contributed by atoms with Crippen LogP contribution < -0.4 is 11.1 Å². The summed E-state index contributed by atoms with van der Waals surface area (Å²) in [5.74, 6) is 0.185. The van der Waals surface area contributed by atoms with Gasteiger partial charge in [0, 0.05) is 38.8 Å². The fourth-order valence-corrected chi connectivity index (χ4v) is 3.45. The summed E-state index contributed by atoms with van der Waals surface area (Å²) in [4.78, 5) is 17.4. The van der Waals surface area contributed by atoms with Crippen LogP contribution in [0.25, 0.3) is 0 Å². The van der Waals surface area contributed by atoms with Gasteiger partial charge < -0.3 is 11.1 Å². The minimum Gasteiger partial charge on any atom is -0.392 e. The third-order valence-electron chi connectivity index (χ3n) is 4.67. The second-order valence-electron chi connectivity index (χ2n) is 6.30. The summed E-state index contributed by atoms with van der Waals surface area (Å²) in [6.45, 7) is 6.37. The van der Waals surface area contributed by atoms with E-state index in [1.165, 1.54) is 19.3 Å². The third-order valence-corrected chi connectivity index (χ3v) is 4.79. The number of nitrogens with one attached hydrogen (secondary N) is 1. The number of hydrogen-bond acceptors (Lipinski definition) is 4. The Kier molecular flexibility index (Phi) is 6.39. The normalized spacial score (nSPS) is 23.7. The van der Waals surface area contributed by atoms with Crippen molar-refractivity contribution in [3.05, 3.63) is 0 Å². The van der Waals surface area contributed by atoms with E-state index in [1.807, 2.05) is 6.92 Å². The highest BCUT2D eigenvalue weighted by atomic mass is 32.1. The van der Waals surface area contributed by atoms with Gasteiger partial charge in [0.15, 0.2) is 0 Å². The molecule has 120 valence electrons. The molecule has 21 heavy (non-hydrogen) atoms. The second-order valence-corrected chi connectivity index (χ2v) is 6.82. The summed E-state index contributed by atoms with van der Waals surface area (Å²) in [5.41, 5.74) is 5.58.